The zero-order chi connectivity index (χ0) is 22.5. The van der Waals surface area contributed by atoms with E-state index < -0.39 is 17.7 Å². The van der Waals surface area contributed by atoms with Crippen molar-refractivity contribution < 1.29 is 19.4 Å². The number of aliphatic hydroxyl groups is 1. The zero-order valence-electron chi connectivity index (χ0n) is 17.9. The Morgan fingerprint density at radius 1 is 1.26 bits per heavy atom. The maximum absolute atomic E-state index is 13.0. The molecule has 0 aliphatic carbocycles. The lowest BCUT2D eigenvalue weighted by Gasteiger charge is -2.25. The average Bonchev–Trinajstić information content (AvgIpc) is 3.38. The maximum atomic E-state index is 13.0. The van der Waals surface area contributed by atoms with Crippen molar-refractivity contribution in [2.75, 3.05) is 33.3 Å². The van der Waals surface area contributed by atoms with Gasteiger partial charge in [0.15, 0.2) is 0 Å². The summed E-state index contributed by atoms with van der Waals surface area (Å²) in [5, 5.41) is 13.3. The number of likely N-dealkylation sites (tertiary alicyclic amines) is 1. The summed E-state index contributed by atoms with van der Waals surface area (Å²) in [6.45, 7) is 7.33. The Bertz CT molecular complexity index is 970. The van der Waals surface area contributed by atoms with Gasteiger partial charge in [-0.1, -0.05) is 31.5 Å². The second kappa shape index (κ2) is 10.3. The third kappa shape index (κ3) is 4.79. The van der Waals surface area contributed by atoms with E-state index in [9.17, 15) is 14.7 Å². The number of amides is 1. The number of carbonyl (C=O) groups excluding carboxylic acids is 2. The normalized spacial score (nSPS) is 18.2. The lowest BCUT2D eigenvalue weighted by atomic mass is 9.99. The van der Waals surface area contributed by atoms with E-state index in [-0.39, 0.29) is 11.3 Å². The predicted octanol–water partition coefficient (Wildman–Crippen LogP) is 4.56. The van der Waals surface area contributed by atoms with E-state index in [1.54, 1.807) is 17.0 Å². The van der Waals surface area contributed by atoms with Gasteiger partial charge in [0.25, 0.3) is 11.7 Å². The van der Waals surface area contributed by atoms with Crippen molar-refractivity contribution >= 4 is 40.4 Å². The molecule has 1 N–H and O–H groups in total. The first-order valence-corrected chi connectivity index (χ1v) is 11.6. The van der Waals surface area contributed by atoms with E-state index in [2.05, 4.69) is 18.7 Å². The van der Waals surface area contributed by atoms with Gasteiger partial charge in [0.1, 0.15) is 11.5 Å². The Hall–Kier alpha value is -2.35. The fourth-order valence-corrected chi connectivity index (χ4v) is 4.93. The molecule has 0 spiro atoms. The van der Waals surface area contributed by atoms with Gasteiger partial charge < -0.3 is 19.6 Å². The highest BCUT2D eigenvalue weighted by atomic mass is 35.5. The Balaban J connectivity index is 1.98. The smallest absolute Gasteiger partial charge is 0.295 e. The lowest BCUT2D eigenvalue weighted by Crippen LogP contribution is -2.33. The van der Waals surface area contributed by atoms with Gasteiger partial charge in [-0.25, -0.2) is 0 Å². The molecule has 1 atom stereocenters. The van der Waals surface area contributed by atoms with Crippen LogP contribution in [0.2, 0.25) is 5.02 Å². The molecule has 166 valence electrons. The SMILES string of the molecule is CCN(CC)CCCN1C(=O)C(=O)C(=C(O)c2ccc(OC)c(Cl)c2)[C@@H]1c1cccs1. The molecule has 0 unspecified atom stereocenters. The number of benzene rings is 1. The maximum Gasteiger partial charge on any atom is 0.295 e. The van der Waals surface area contributed by atoms with Crippen molar-refractivity contribution in [3.05, 3.63) is 56.7 Å². The molecule has 1 aromatic carbocycles. The molecule has 3 rings (SSSR count). The summed E-state index contributed by atoms with van der Waals surface area (Å²) < 4.78 is 5.16. The predicted molar refractivity (Wildman–Crippen MR) is 124 cm³/mol. The minimum Gasteiger partial charge on any atom is -0.507 e. The fraction of sp³-hybridized carbons (Fsp3) is 0.391. The first-order valence-electron chi connectivity index (χ1n) is 10.3. The van der Waals surface area contributed by atoms with Crippen molar-refractivity contribution in [3.8, 4) is 5.75 Å². The monoisotopic (exact) mass is 462 g/mol. The number of ketones is 1. The van der Waals surface area contributed by atoms with E-state index in [0.29, 0.717) is 22.9 Å². The molecule has 0 saturated carbocycles. The van der Waals surface area contributed by atoms with E-state index in [1.165, 1.54) is 24.5 Å². The van der Waals surface area contributed by atoms with Crippen LogP contribution in [0.4, 0.5) is 0 Å². The number of carbonyl (C=O) groups is 2. The highest BCUT2D eigenvalue weighted by Crippen LogP contribution is 2.41. The van der Waals surface area contributed by atoms with Gasteiger partial charge in [-0.05, 0) is 55.7 Å². The summed E-state index contributed by atoms with van der Waals surface area (Å²) in [7, 11) is 1.50. The van der Waals surface area contributed by atoms with Crippen LogP contribution in [0.25, 0.3) is 5.76 Å². The molecule has 0 radical (unpaired) electrons. The second-order valence-electron chi connectivity index (χ2n) is 7.24. The quantitative estimate of drug-likeness (QED) is 0.336. The summed E-state index contributed by atoms with van der Waals surface area (Å²) in [6.07, 6.45) is 0.741. The highest BCUT2D eigenvalue weighted by molar-refractivity contribution is 7.10. The number of halogens is 1. The third-order valence-corrected chi connectivity index (χ3v) is 6.77. The molecule has 1 aliphatic heterocycles. The van der Waals surface area contributed by atoms with Crippen molar-refractivity contribution in [1.29, 1.82) is 0 Å². The Morgan fingerprint density at radius 2 is 2.00 bits per heavy atom. The summed E-state index contributed by atoms with van der Waals surface area (Å²) in [5.41, 5.74) is 0.463. The van der Waals surface area contributed by atoms with Gasteiger partial charge in [0.05, 0.1) is 23.7 Å². The molecule has 1 aromatic heterocycles. The highest BCUT2D eigenvalue weighted by Gasteiger charge is 2.46. The van der Waals surface area contributed by atoms with Gasteiger partial charge >= 0.3 is 0 Å². The van der Waals surface area contributed by atoms with Crippen LogP contribution in [0.15, 0.2) is 41.3 Å². The van der Waals surface area contributed by atoms with Crippen LogP contribution < -0.4 is 4.74 Å². The van der Waals surface area contributed by atoms with Crippen molar-refractivity contribution in [2.45, 2.75) is 26.3 Å². The number of hydrogen-bond acceptors (Lipinski definition) is 6. The molecule has 1 saturated heterocycles. The van der Waals surface area contributed by atoms with Crippen LogP contribution in [0.5, 0.6) is 5.75 Å². The minimum absolute atomic E-state index is 0.0940. The van der Waals surface area contributed by atoms with E-state index >= 15 is 0 Å². The minimum atomic E-state index is -0.675. The standard InChI is InChI=1S/C23H27ClN2O4S/c1-4-25(5-2)11-7-12-26-20(18-8-6-13-31-18)19(22(28)23(26)29)21(27)15-9-10-17(30-3)16(24)14-15/h6,8-10,13-14,20,27H,4-5,7,11-12H2,1-3H3/t20-/m0/s1. The number of ether oxygens (including phenoxy) is 1. The first kappa shape index (κ1) is 23.3. The molecule has 1 aliphatic rings. The van der Waals surface area contributed by atoms with Crippen molar-refractivity contribution in [1.82, 2.24) is 9.80 Å². The molecule has 8 heteroatoms. The van der Waals surface area contributed by atoms with Gasteiger partial charge in [0.2, 0.25) is 0 Å². The molecular formula is C23H27ClN2O4S. The van der Waals surface area contributed by atoms with Gasteiger partial charge in [0, 0.05) is 17.0 Å². The van der Waals surface area contributed by atoms with E-state index in [1.807, 2.05) is 17.5 Å². The zero-order valence-corrected chi connectivity index (χ0v) is 19.5. The number of hydrogen-bond donors (Lipinski definition) is 1. The van der Waals surface area contributed by atoms with Crippen LogP contribution in [0.1, 0.15) is 36.8 Å². The number of methoxy groups -OCH3 is 1. The van der Waals surface area contributed by atoms with Gasteiger partial charge in [-0.2, -0.15) is 0 Å². The summed E-state index contributed by atoms with van der Waals surface area (Å²) in [6, 6.07) is 7.93. The number of Topliss-reactive ketones (excluding diaryl/α,β-unsaturated/α-hetero) is 1. The van der Waals surface area contributed by atoms with Crippen LogP contribution in [-0.4, -0.2) is 59.9 Å². The Morgan fingerprint density at radius 3 is 2.58 bits per heavy atom. The number of nitrogens with zero attached hydrogens (tertiary/aromatic N) is 2. The van der Waals surface area contributed by atoms with Crippen molar-refractivity contribution in [3.63, 3.8) is 0 Å². The molecular weight excluding hydrogens is 436 g/mol. The third-order valence-electron chi connectivity index (χ3n) is 5.55. The Kier molecular flexibility index (Phi) is 7.75. The molecule has 1 amide bonds. The second-order valence-corrected chi connectivity index (χ2v) is 8.62. The average molecular weight is 463 g/mol. The number of rotatable bonds is 9. The van der Waals surface area contributed by atoms with Crippen LogP contribution in [0.3, 0.4) is 0 Å². The fourth-order valence-electron chi connectivity index (χ4n) is 3.83. The van der Waals surface area contributed by atoms with Gasteiger partial charge in [-0.15, -0.1) is 11.3 Å². The Labute approximate surface area is 191 Å². The van der Waals surface area contributed by atoms with E-state index in [0.717, 1.165) is 30.9 Å². The molecule has 0 bridgehead atoms. The number of thiophene rings is 1. The van der Waals surface area contributed by atoms with E-state index in [4.69, 9.17) is 16.3 Å². The largest absolute Gasteiger partial charge is 0.507 e. The summed E-state index contributed by atoms with van der Waals surface area (Å²) in [5.74, 6) is -1.03. The van der Waals surface area contributed by atoms with Crippen LogP contribution >= 0.6 is 22.9 Å². The first-order chi connectivity index (χ1) is 14.9. The number of aliphatic hydroxyl groups excluding tert-OH is 1. The summed E-state index contributed by atoms with van der Waals surface area (Å²) >= 11 is 7.67. The molecule has 2 heterocycles. The molecule has 2 aromatic rings. The van der Waals surface area contributed by atoms with Crippen molar-refractivity contribution in [2.24, 2.45) is 0 Å². The van der Waals surface area contributed by atoms with Gasteiger partial charge in [-0.3, -0.25) is 9.59 Å². The molecule has 6 nitrogen and oxygen atoms in total. The molecule has 1 fully saturated rings. The lowest BCUT2D eigenvalue weighted by molar-refractivity contribution is -0.139. The topological polar surface area (TPSA) is 70.1 Å². The van der Waals surface area contributed by atoms with Crippen LogP contribution in [0, 0.1) is 0 Å². The molecule has 31 heavy (non-hydrogen) atoms. The van der Waals surface area contributed by atoms with Crippen LogP contribution in [-0.2, 0) is 9.59 Å². The summed E-state index contributed by atoms with van der Waals surface area (Å²) in [4.78, 5) is 30.6.